The molecule has 2 heterocycles. The monoisotopic (exact) mass is 332 g/mol. The van der Waals surface area contributed by atoms with E-state index in [2.05, 4.69) is 16.8 Å². The molecule has 132 valence electrons. The Kier molecular flexibility index (Phi) is 5.74. The number of carbonyl (C=O) groups excluding carboxylic acids is 1. The van der Waals surface area contributed by atoms with Crippen molar-refractivity contribution >= 4 is 5.91 Å². The zero-order chi connectivity index (χ0) is 16.9. The minimum absolute atomic E-state index is 0.103. The molecule has 0 aromatic heterocycles. The molecule has 2 aliphatic heterocycles. The Morgan fingerprint density at radius 3 is 2.62 bits per heavy atom. The molecular formula is C19H28N2O3. The summed E-state index contributed by atoms with van der Waals surface area (Å²) in [6.45, 7) is 2.96. The Morgan fingerprint density at radius 1 is 1.12 bits per heavy atom. The smallest absolute Gasteiger partial charge is 0.257 e. The standard InChI is InChI=1S/C19H28N2O3/c1-20-11-5-8-16(20)17-9-6-12-21(17)19(22)15-7-3-4-10-18(15)24-14-13-23-2/h3-4,7,10,16-17H,5-6,8-9,11-14H2,1-2H3/t16-,17-/m0/s1. The molecule has 0 N–H and O–H groups in total. The maximum atomic E-state index is 13.2. The fourth-order valence-electron chi connectivity index (χ4n) is 4.03. The highest BCUT2D eigenvalue weighted by Gasteiger charge is 2.39. The number of hydrogen-bond acceptors (Lipinski definition) is 4. The molecule has 2 atom stereocenters. The first-order chi connectivity index (χ1) is 11.7. The molecule has 1 amide bonds. The molecule has 2 fully saturated rings. The van der Waals surface area contributed by atoms with E-state index in [1.54, 1.807) is 7.11 Å². The number of hydrogen-bond donors (Lipinski definition) is 0. The Balaban J connectivity index is 1.75. The maximum Gasteiger partial charge on any atom is 0.257 e. The number of methoxy groups -OCH3 is 1. The van der Waals surface area contributed by atoms with E-state index in [4.69, 9.17) is 9.47 Å². The van der Waals surface area contributed by atoms with Gasteiger partial charge in [0.25, 0.3) is 5.91 Å². The van der Waals surface area contributed by atoms with Gasteiger partial charge < -0.3 is 19.3 Å². The second kappa shape index (κ2) is 7.99. The molecule has 1 aromatic rings. The van der Waals surface area contributed by atoms with E-state index in [9.17, 15) is 4.79 Å². The molecule has 0 spiro atoms. The number of likely N-dealkylation sites (tertiary alicyclic amines) is 2. The van der Waals surface area contributed by atoms with Crippen LogP contribution in [0.2, 0.25) is 0 Å². The maximum absolute atomic E-state index is 13.2. The molecule has 0 radical (unpaired) electrons. The van der Waals surface area contributed by atoms with Gasteiger partial charge in [0.1, 0.15) is 12.4 Å². The van der Waals surface area contributed by atoms with Crippen molar-refractivity contribution in [1.82, 2.24) is 9.80 Å². The van der Waals surface area contributed by atoms with Gasteiger partial charge in [0, 0.05) is 25.7 Å². The highest BCUT2D eigenvalue weighted by atomic mass is 16.5. The van der Waals surface area contributed by atoms with Gasteiger partial charge >= 0.3 is 0 Å². The first kappa shape index (κ1) is 17.2. The van der Waals surface area contributed by atoms with Crippen molar-refractivity contribution in [3.05, 3.63) is 29.8 Å². The number of para-hydroxylation sites is 1. The van der Waals surface area contributed by atoms with Crippen LogP contribution >= 0.6 is 0 Å². The average molecular weight is 332 g/mol. The summed E-state index contributed by atoms with van der Waals surface area (Å²) < 4.78 is 10.8. The third-order valence-corrected chi connectivity index (χ3v) is 5.24. The van der Waals surface area contributed by atoms with Crippen molar-refractivity contribution in [2.75, 3.05) is 40.5 Å². The van der Waals surface area contributed by atoms with Crippen LogP contribution < -0.4 is 4.74 Å². The van der Waals surface area contributed by atoms with Gasteiger partial charge in [0.15, 0.2) is 0 Å². The van der Waals surface area contributed by atoms with Gasteiger partial charge in [-0.25, -0.2) is 0 Å². The Hall–Kier alpha value is -1.59. The summed E-state index contributed by atoms with van der Waals surface area (Å²) in [4.78, 5) is 17.7. The van der Waals surface area contributed by atoms with Crippen LogP contribution in [0.15, 0.2) is 24.3 Å². The van der Waals surface area contributed by atoms with Gasteiger partial charge in [-0.1, -0.05) is 12.1 Å². The summed E-state index contributed by atoms with van der Waals surface area (Å²) in [6.07, 6.45) is 4.62. The second-order valence-corrected chi connectivity index (χ2v) is 6.74. The van der Waals surface area contributed by atoms with Crippen LogP contribution in [0.3, 0.4) is 0 Å². The highest BCUT2D eigenvalue weighted by Crippen LogP contribution is 2.31. The Labute approximate surface area is 144 Å². The molecule has 24 heavy (non-hydrogen) atoms. The summed E-state index contributed by atoms with van der Waals surface area (Å²) in [5.74, 6) is 0.760. The normalized spacial score (nSPS) is 24.5. The number of amides is 1. The molecule has 5 heteroatoms. The van der Waals surface area contributed by atoms with Crippen LogP contribution in [0.25, 0.3) is 0 Å². The van der Waals surface area contributed by atoms with E-state index in [0.29, 0.717) is 36.6 Å². The largest absolute Gasteiger partial charge is 0.490 e. The van der Waals surface area contributed by atoms with Gasteiger partial charge in [0.05, 0.1) is 12.2 Å². The van der Waals surface area contributed by atoms with Gasteiger partial charge in [-0.2, -0.15) is 0 Å². The highest BCUT2D eigenvalue weighted by molar-refractivity contribution is 5.97. The van der Waals surface area contributed by atoms with Crippen molar-refractivity contribution < 1.29 is 14.3 Å². The summed E-state index contributed by atoms with van der Waals surface area (Å²) in [5, 5.41) is 0. The molecule has 2 saturated heterocycles. The number of ether oxygens (including phenoxy) is 2. The quantitative estimate of drug-likeness (QED) is 0.750. The number of carbonyl (C=O) groups is 1. The van der Waals surface area contributed by atoms with Crippen LogP contribution in [0.5, 0.6) is 5.75 Å². The first-order valence-electron chi connectivity index (χ1n) is 8.94. The number of benzene rings is 1. The molecule has 1 aromatic carbocycles. The van der Waals surface area contributed by atoms with E-state index >= 15 is 0 Å². The van der Waals surface area contributed by atoms with Crippen LogP contribution in [0.1, 0.15) is 36.0 Å². The third kappa shape index (κ3) is 3.57. The van der Waals surface area contributed by atoms with E-state index in [0.717, 1.165) is 25.9 Å². The van der Waals surface area contributed by atoms with Gasteiger partial charge in [-0.3, -0.25) is 4.79 Å². The van der Waals surface area contributed by atoms with Crippen molar-refractivity contribution in [3.8, 4) is 5.75 Å². The molecule has 0 saturated carbocycles. The predicted molar refractivity (Wildman–Crippen MR) is 93.5 cm³/mol. The zero-order valence-electron chi connectivity index (χ0n) is 14.7. The van der Waals surface area contributed by atoms with Crippen LogP contribution in [-0.4, -0.2) is 68.3 Å². The van der Waals surface area contributed by atoms with E-state index in [1.165, 1.54) is 12.8 Å². The van der Waals surface area contributed by atoms with Crippen molar-refractivity contribution in [1.29, 1.82) is 0 Å². The number of likely N-dealkylation sites (N-methyl/N-ethyl adjacent to an activating group) is 1. The summed E-state index contributed by atoms with van der Waals surface area (Å²) in [6, 6.07) is 8.39. The average Bonchev–Trinajstić information content (AvgIpc) is 3.23. The molecular weight excluding hydrogens is 304 g/mol. The fraction of sp³-hybridized carbons (Fsp3) is 0.632. The van der Waals surface area contributed by atoms with E-state index in [-0.39, 0.29) is 5.91 Å². The van der Waals surface area contributed by atoms with Crippen LogP contribution in [0.4, 0.5) is 0 Å². The lowest BCUT2D eigenvalue weighted by Crippen LogP contribution is -2.47. The summed E-state index contributed by atoms with van der Waals surface area (Å²) in [5.41, 5.74) is 0.668. The molecule has 5 nitrogen and oxygen atoms in total. The first-order valence-corrected chi connectivity index (χ1v) is 8.94. The molecule has 0 unspecified atom stereocenters. The number of rotatable bonds is 6. The number of nitrogens with zero attached hydrogens (tertiary/aromatic N) is 2. The lowest BCUT2D eigenvalue weighted by atomic mass is 10.0. The van der Waals surface area contributed by atoms with Crippen LogP contribution in [-0.2, 0) is 4.74 Å². The van der Waals surface area contributed by atoms with Crippen molar-refractivity contribution in [3.63, 3.8) is 0 Å². The Bertz CT molecular complexity index is 563. The third-order valence-electron chi connectivity index (χ3n) is 5.24. The van der Waals surface area contributed by atoms with Gasteiger partial charge in [0.2, 0.25) is 0 Å². The Morgan fingerprint density at radius 2 is 1.88 bits per heavy atom. The lowest BCUT2D eigenvalue weighted by molar-refractivity contribution is 0.0658. The molecule has 0 bridgehead atoms. The van der Waals surface area contributed by atoms with Crippen molar-refractivity contribution in [2.24, 2.45) is 0 Å². The lowest BCUT2D eigenvalue weighted by Gasteiger charge is -2.33. The SMILES string of the molecule is COCCOc1ccccc1C(=O)N1CCC[C@H]1[C@@H]1CCCN1C. The van der Waals surface area contributed by atoms with Crippen LogP contribution in [0, 0.1) is 0 Å². The van der Waals surface area contributed by atoms with Gasteiger partial charge in [-0.05, 0) is 51.4 Å². The summed E-state index contributed by atoms with van der Waals surface area (Å²) >= 11 is 0. The summed E-state index contributed by atoms with van der Waals surface area (Å²) in [7, 11) is 3.83. The van der Waals surface area contributed by atoms with Gasteiger partial charge in [-0.15, -0.1) is 0 Å². The fourth-order valence-corrected chi connectivity index (χ4v) is 4.03. The van der Waals surface area contributed by atoms with Crippen molar-refractivity contribution in [2.45, 2.75) is 37.8 Å². The topological polar surface area (TPSA) is 42.0 Å². The molecule has 0 aliphatic carbocycles. The molecule has 2 aliphatic rings. The predicted octanol–water partition coefficient (Wildman–Crippen LogP) is 2.41. The van der Waals surface area contributed by atoms with E-state index < -0.39 is 0 Å². The second-order valence-electron chi connectivity index (χ2n) is 6.74. The molecule has 3 rings (SSSR count). The van der Waals surface area contributed by atoms with E-state index in [1.807, 2.05) is 24.3 Å². The minimum atomic E-state index is 0.103. The minimum Gasteiger partial charge on any atom is -0.490 e. The zero-order valence-corrected chi connectivity index (χ0v) is 14.7.